The van der Waals surface area contributed by atoms with Gasteiger partial charge in [0.15, 0.2) is 12.9 Å². The third-order valence-electron chi connectivity index (χ3n) is 0.695. The minimum Gasteiger partial charge on any atom is -0.466 e. The van der Waals surface area contributed by atoms with E-state index in [9.17, 15) is 9.59 Å². The number of carbonyl (C=O) groups excluding carboxylic acids is 2. The number of alkyl halides is 9. The number of halogens is 9. The molecule has 150 valence electrons. The fourth-order valence-corrected chi connectivity index (χ4v) is 0.407. The lowest BCUT2D eigenvalue weighted by Crippen LogP contribution is -1.95. The van der Waals surface area contributed by atoms with Gasteiger partial charge in [-0.15, -0.1) is 0 Å². The lowest BCUT2D eigenvalue weighted by molar-refractivity contribution is -0.141. The molecule has 0 unspecified atom stereocenters. The van der Waals surface area contributed by atoms with Crippen LogP contribution in [0.3, 0.4) is 0 Å². The van der Waals surface area contributed by atoms with Crippen molar-refractivity contribution in [3.8, 4) is 0 Å². The largest absolute Gasteiger partial charge is 0.466 e. The van der Waals surface area contributed by atoms with Crippen molar-refractivity contribution in [2.45, 2.75) is 40.6 Å². The van der Waals surface area contributed by atoms with Crippen LogP contribution >= 0.6 is 104 Å². The Bertz CT molecular complexity index is 215. The van der Waals surface area contributed by atoms with Gasteiger partial charge in [-0.05, 0) is 13.8 Å². The van der Waals surface area contributed by atoms with Crippen LogP contribution in [0.25, 0.3) is 0 Å². The summed E-state index contributed by atoms with van der Waals surface area (Å²) in [4.78, 5) is 19.6. The Hall–Kier alpha value is 1.55. The van der Waals surface area contributed by atoms with Gasteiger partial charge in [0, 0.05) is 13.8 Å². The zero-order chi connectivity index (χ0) is 20.7. The molecule has 0 rings (SSSR count). The van der Waals surface area contributed by atoms with E-state index in [1.165, 1.54) is 13.8 Å². The van der Waals surface area contributed by atoms with E-state index in [0.717, 1.165) is 0 Å². The van der Waals surface area contributed by atoms with E-state index in [1.54, 1.807) is 13.8 Å². The second-order valence-electron chi connectivity index (χ2n) is 2.59. The van der Waals surface area contributed by atoms with Crippen molar-refractivity contribution < 1.29 is 19.1 Å². The minimum absolute atomic E-state index is 0.211. The Morgan fingerprint density at radius 3 is 0.750 bits per heavy atom. The van der Waals surface area contributed by atoms with Gasteiger partial charge in [-0.1, -0.05) is 104 Å². The number of carbonyl (C=O) groups is 2. The Morgan fingerprint density at radius 1 is 0.625 bits per heavy atom. The van der Waals surface area contributed by atoms with Crippen LogP contribution in [-0.2, 0) is 19.1 Å². The summed E-state index contributed by atoms with van der Waals surface area (Å²) in [6.07, 6.45) is 0. The minimum atomic E-state index is -0.750. The molecule has 0 aromatic rings. The molecule has 0 saturated heterocycles. The summed E-state index contributed by atoms with van der Waals surface area (Å²) in [6, 6.07) is 0. The van der Waals surface area contributed by atoms with Crippen molar-refractivity contribution >= 4 is 116 Å². The highest BCUT2D eigenvalue weighted by atomic mass is 35.6. The first-order valence-corrected chi connectivity index (χ1v) is 9.70. The SMILES string of the molecule is CCOC(C)=O.CCOC(C)=O.ClC(Cl)Cl.ClC(Cl)Cl.ClC(Cl)Cl. The van der Waals surface area contributed by atoms with E-state index >= 15 is 0 Å². The van der Waals surface area contributed by atoms with Gasteiger partial charge in [-0.25, -0.2) is 0 Å². The van der Waals surface area contributed by atoms with Crippen molar-refractivity contribution in [1.29, 1.82) is 0 Å². The molecular weight excluding hydrogens is 515 g/mol. The highest BCUT2D eigenvalue weighted by molar-refractivity contribution is 6.63. The molecule has 0 aromatic heterocycles. The van der Waals surface area contributed by atoms with Crippen LogP contribution in [0.2, 0.25) is 0 Å². The first-order valence-electron chi connectivity index (χ1n) is 5.77. The molecule has 0 fully saturated rings. The molecule has 0 heterocycles. The number of esters is 2. The van der Waals surface area contributed by atoms with Gasteiger partial charge in [0.1, 0.15) is 0 Å². The second-order valence-corrected chi connectivity index (χ2v) is 8.53. The average Bonchev–Trinajstić information content (AvgIpc) is 2.26. The lowest BCUT2D eigenvalue weighted by atomic mass is 10.8. The van der Waals surface area contributed by atoms with Crippen LogP contribution in [0.5, 0.6) is 0 Å². The normalized spacial score (nSPS) is 8.33. The highest BCUT2D eigenvalue weighted by Gasteiger charge is 1.82. The van der Waals surface area contributed by atoms with Crippen LogP contribution in [0.1, 0.15) is 27.7 Å². The highest BCUT2D eigenvalue weighted by Crippen LogP contribution is 2.04. The molecule has 0 amide bonds. The number of hydrogen-bond acceptors (Lipinski definition) is 4. The number of hydrogen-bond donors (Lipinski definition) is 0. The van der Waals surface area contributed by atoms with Gasteiger partial charge in [-0.3, -0.25) is 9.59 Å². The maximum atomic E-state index is 9.82. The Kier molecular flexibility index (Phi) is 49.0. The number of rotatable bonds is 2. The summed E-state index contributed by atoms with van der Waals surface area (Å²) in [5.74, 6) is -0.421. The third-order valence-corrected chi connectivity index (χ3v) is 0.695. The molecule has 0 saturated carbocycles. The standard InChI is InChI=1S/2C4H8O2.3CHCl3/c2*1-3-6-4(2)5;3*2-1(3)4/h2*3H2,1-2H3;3*1H. The van der Waals surface area contributed by atoms with E-state index in [0.29, 0.717) is 13.2 Å². The van der Waals surface area contributed by atoms with Crippen molar-refractivity contribution in [1.82, 2.24) is 0 Å². The fourth-order valence-electron chi connectivity index (χ4n) is 0.407. The van der Waals surface area contributed by atoms with Gasteiger partial charge in [0.05, 0.1) is 13.2 Å². The molecule has 0 atom stereocenters. The van der Waals surface area contributed by atoms with Crippen LogP contribution < -0.4 is 0 Å². The van der Waals surface area contributed by atoms with Gasteiger partial charge >= 0.3 is 11.9 Å². The Labute approximate surface area is 188 Å². The van der Waals surface area contributed by atoms with E-state index in [2.05, 4.69) is 9.47 Å². The van der Waals surface area contributed by atoms with Gasteiger partial charge in [0.2, 0.25) is 0 Å². The summed E-state index contributed by atoms with van der Waals surface area (Å²) >= 11 is 43.3. The Balaban J connectivity index is -0.0000000637. The molecule has 0 aliphatic heterocycles. The smallest absolute Gasteiger partial charge is 0.302 e. The summed E-state index contributed by atoms with van der Waals surface area (Å²) < 4.78 is 6.56. The predicted octanol–water partition coefficient (Wildman–Crippen LogP) is 7.10. The lowest BCUT2D eigenvalue weighted by Gasteiger charge is -1.89. The summed E-state index contributed by atoms with van der Waals surface area (Å²) in [5, 5.41) is 0. The summed E-state index contributed by atoms with van der Waals surface area (Å²) in [6.45, 7) is 7.31. The van der Waals surface area contributed by atoms with E-state index in [4.69, 9.17) is 104 Å². The van der Waals surface area contributed by atoms with Crippen molar-refractivity contribution in [2.75, 3.05) is 13.2 Å². The quantitative estimate of drug-likeness (QED) is 0.280. The second kappa shape index (κ2) is 32.2. The van der Waals surface area contributed by atoms with Gasteiger partial charge in [0.25, 0.3) is 0 Å². The van der Waals surface area contributed by atoms with E-state index < -0.39 is 12.9 Å². The zero-order valence-corrected chi connectivity index (χ0v) is 20.0. The molecule has 0 bridgehead atoms. The van der Waals surface area contributed by atoms with Crippen LogP contribution in [0, 0.1) is 0 Å². The van der Waals surface area contributed by atoms with Crippen LogP contribution in [0.15, 0.2) is 0 Å². The average molecular weight is 534 g/mol. The molecule has 13 heteroatoms. The van der Waals surface area contributed by atoms with Gasteiger partial charge in [-0.2, -0.15) is 0 Å². The maximum absolute atomic E-state index is 9.82. The molecule has 4 nitrogen and oxygen atoms in total. The van der Waals surface area contributed by atoms with E-state index in [-0.39, 0.29) is 11.9 Å². The molecule has 0 aliphatic carbocycles. The van der Waals surface area contributed by atoms with E-state index in [1.807, 2.05) is 0 Å². The topological polar surface area (TPSA) is 52.6 Å². The maximum Gasteiger partial charge on any atom is 0.302 e. The summed E-state index contributed by atoms with van der Waals surface area (Å²) in [5.41, 5.74) is 0. The number of ether oxygens (including phenoxy) is 2. The Morgan fingerprint density at radius 2 is 0.750 bits per heavy atom. The molecule has 0 spiro atoms. The monoisotopic (exact) mass is 530 g/mol. The third kappa shape index (κ3) is 210. The summed E-state index contributed by atoms with van der Waals surface area (Å²) in [7, 11) is 0. The molecular formula is C11H19Cl9O4. The van der Waals surface area contributed by atoms with Gasteiger partial charge < -0.3 is 9.47 Å². The van der Waals surface area contributed by atoms with Crippen molar-refractivity contribution in [2.24, 2.45) is 0 Å². The molecule has 0 radical (unpaired) electrons. The molecule has 0 aromatic carbocycles. The zero-order valence-electron chi connectivity index (χ0n) is 13.2. The van der Waals surface area contributed by atoms with Crippen LogP contribution in [-0.4, -0.2) is 38.0 Å². The van der Waals surface area contributed by atoms with Crippen molar-refractivity contribution in [3.05, 3.63) is 0 Å². The predicted molar refractivity (Wildman–Crippen MR) is 109 cm³/mol. The molecule has 0 N–H and O–H groups in total. The van der Waals surface area contributed by atoms with Crippen molar-refractivity contribution in [3.63, 3.8) is 0 Å². The molecule has 24 heavy (non-hydrogen) atoms. The first kappa shape index (κ1) is 36.5. The first-order chi connectivity index (χ1) is 10.7. The molecule has 0 aliphatic rings. The van der Waals surface area contributed by atoms with Crippen LogP contribution in [0.4, 0.5) is 0 Å². The fraction of sp³-hybridized carbons (Fsp3) is 0.818.